The summed E-state index contributed by atoms with van der Waals surface area (Å²) in [6.45, 7) is 6.13. The maximum absolute atomic E-state index is 12.8. The van der Waals surface area contributed by atoms with Crippen LogP contribution in [-0.4, -0.2) is 57.9 Å². The number of phenolic OH excluding ortho intramolecular Hbond substituents is 1. The molecule has 8 nitrogen and oxygen atoms in total. The zero-order valence-corrected chi connectivity index (χ0v) is 22.7. The van der Waals surface area contributed by atoms with Crippen LogP contribution in [0.5, 0.6) is 5.75 Å². The number of Topliss-reactive ketones (excluding diaryl/α,β-unsaturated/α-hetero) is 1. The first kappa shape index (κ1) is 29.3. The summed E-state index contributed by atoms with van der Waals surface area (Å²) in [7, 11) is 0. The number of aliphatic imine (C=N–C) groups is 1. The molecule has 1 aliphatic rings. The van der Waals surface area contributed by atoms with E-state index in [4.69, 9.17) is 11.6 Å². The van der Waals surface area contributed by atoms with Crippen LogP contribution < -0.4 is 5.32 Å². The third-order valence-corrected chi connectivity index (χ3v) is 6.76. The number of amides is 1. The number of benzene rings is 2. The van der Waals surface area contributed by atoms with Gasteiger partial charge in [-0.05, 0) is 65.3 Å². The number of carboxylic acid groups (broad SMARTS) is 1. The van der Waals surface area contributed by atoms with Crippen molar-refractivity contribution in [3.8, 4) is 5.75 Å². The quantitative estimate of drug-likeness (QED) is 0.350. The zero-order valence-electron chi connectivity index (χ0n) is 22.0. The maximum atomic E-state index is 12.8. The molecular weight excluding hydrogens is 508 g/mol. The van der Waals surface area contributed by atoms with Crippen LogP contribution >= 0.6 is 11.6 Å². The van der Waals surface area contributed by atoms with Crippen molar-refractivity contribution in [1.82, 2.24) is 5.32 Å². The Bertz CT molecular complexity index is 1230. The average Bonchev–Trinajstić information content (AvgIpc) is 2.82. The molecule has 0 spiro atoms. The Balaban J connectivity index is 1.67. The lowest BCUT2D eigenvalue weighted by Gasteiger charge is -2.23. The Morgan fingerprint density at radius 3 is 2.47 bits per heavy atom. The fourth-order valence-corrected chi connectivity index (χ4v) is 4.70. The van der Waals surface area contributed by atoms with Gasteiger partial charge in [0.15, 0.2) is 5.78 Å². The van der Waals surface area contributed by atoms with Crippen LogP contribution in [0.4, 0.5) is 0 Å². The van der Waals surface area contributed by atoms with E-state index in [0.717, 1.165) is 11.3 Å². The zero-order chi connectivity index (χ0) is 28.0. The van der Waals surface area contributed by atoms with Crippen LogP contribution in [0.1, 0.15) is 79.4 Å². The molecule has 1 heterocycles. The molecule has 0 radical (unpaired) electrons. The number of ketones is 1. The monoisotopic (exact) mass is 542 g/mol. The van der Waals surface area contributed by atoms with E-state index >= 15 is 0 Å². The van der Waals surface area contributed by atoms with Crippen molar-refractivity contribution >= 4 is 35.0 Å². The third kappa shape index (κ3) is 8.67. The van der Waals surface area contributed by atoms with E-state index in [1.165, 1.54) is 6.07 Å². The molecule has 1 unspecified atom stereocenters. The van der Waals surface area contributed by atoms with E-state index in [2.05, 4.69) is 10.3 Å². The normalized spacial score (nSPS) is 16.4. The Morgan fingerprint density at radius 1 is 1.11 bits per heavy atom. The minimum absolute atomic E-state index is 0.0759. The van der Waals surface area contributed by atoms with E-state index < -0.39 is 23.9 Å². The number of rotatable bonds is 10. The fourth-order valence-electron chi connectivity index (χ4n) is 4.45. The van der Waals surface area contributed by atoms with Crippen LogP contribution in [-0.2, 0) is 21.4 Å². The number of nitrogens with zero attached hydrogens (tertiary/aromatic N) is 1. The number of aliphatic hydroxyl groups excluding tert-OH is 1. The van der Waals surface area contributed by atoms with Gasteiger partial charge in [-0.3, -0.25) is 19.4 Å². The molecule has 1 amide bonds. The van der Waals surface area contributed by atoms with Gasteiger partial charge in [-0.15, -0.1) is 0 Å². The Kier molecular flexibility index (Phi) is 9.68. The van der Waals surface area contributed by atoms with Gasteiger partial charge in [0, 0.05) is 35.1 Å². The van der Waals surface area contributed by atoms with Crippen LogP contribution in [0.25, 0.3) is 0 Å². The number of phenols is 1. The second-order valence-electron chi connectivity index (χ2n) is 10.9. The van der Waals surface area contributed by atoms with Crippen molar-refractivity contribution in [1.29, 1.82) is 0 Å². The lowest BCUT2D eigenvalue weighted by atomic mass is 9.83. The molecule has 2 atom stereocenters. The van der Waals surface area contributed by atoms with E-state index in [-0.39, 0.29) is 41.9 Å². The number of halogens is 1. The maximum Gasteiger partial charge on any atom is 0.303 e. The van der Waals surface area contributed by atoms with Crippen molar-refractivity contribution in [2.75, 3.05) is 13.1 Å². The first-order valence-electron chi connectivity index (χ1n) is 12.7. The molecular formula is C29H35ClN2O6. The SMILES string of the molecule is CC(C)(C)c1cc(Cl)cc([C@H](CC(=O)O)CC(=O)CNC(=O)c2cc(O)cc(CC3=NCC(O)CC3)c2)c1. The van der Waals surface area contributed by atoms with Crippen LogP contribution in [0, 0.1) is 0 Å². The Morgan fingerprint density at radius 2 is 1.84 bits per heavy atom. The molecule has 0 saturated heterocycles. The first-order chi connectivity index (χ1) is 17.8. The number of aliphatic carboxylic acids is 1. The molecule has 0 bridgehead atoms. The highest BCUT2D eigenvalue weighted by Crippen LogP contribution is 2.32. The van der Waals surface area contributed by atoms with Crippen LogP contribution in [0.15, 0.2) is 41.4 Å². The molecule has 0 fully saturated rings. The number of hydrogen-bond donors (Lipinski definition) is 4. The number of carbonyl (C=O) groups is 3. The summed E-state index contributed by atoms with van der Waals surface area (Å²) in [5, 5.41) is 32.2. The molecule has 0 aliphatic carbocycles. The lowest BCUT2D eigenvalue weighted by Crippen LogP contribution is -2.30. The van der Waals surface area contributed by atoms with Crippen molar-refractivity contribution in [3.63, 3.8) is 0 Å². The smallest absolute Gasteiger partial charge is 0.303 e. The molecule has 0 saturated carbocycles. The van der Waals surface area contributed by atoms with Gasteiger partial charge in [0.1, 0.15) is 5.75 Å². The summed E-state index contributed by atoms with van der Waals surface area (Å²) in [6, 6.07) is 9.92. The average molecular weight is 543 g/mol. The fraction of sp³-hybridized carbons (Fsp3) is 0.448. The summed E-state index contributed by atoms with van der Waals surface area (Å²) in [5.41, 5.74) is 3.19. The summed E-state index contributed by atoms with van der Waals surface area (Å²) in [4.78, 5) is 41.5. The van der Waals surface area contributed by atoms with Gasteiger partial charge in [-0.1, -0.05) is 38.4 Å². The molecule has 2 aromatic carbocycles. The van der Waals surface area contributed by atoms with E-state index in [0.29, 0.717) is 42.0 Å². The Labute approximate surface area is 227 Å². The van der Waals surface area contributed by atoms with Gasteiger partial charge in [0.25, 0.3) is 5.91 Å². The first-order valence-corrected chi connectivity index (χ1v) is 13.0. The lowest BCUT2D eigenvalue weighted by molar-refractivity contribution is -0.137. The van der Waals surface area contributed by atoms with Crippen molar-refractivity contribution in [2.45, 2.75) is 70.3 Å². The third-order valence-electron chi connectivity index (χ3n) is 6.54. The molecule has 0 aromatic heterocycles. The van der Waals surface area contributed by atoms with Gasteiger partial charge >= 0.3 is 5.97 Å². The second kappa shape index (κ2) is 12.5. The predicted octanol–water partition coefficient (Wildman–Crippen LogP) is 4.43. The van der Waals surface area contributed by atoms with Gasteiger partial charge in [0.05, 0.1) is 25.6 Å². The molecule has 1 aliphatic heterocycles. The van der Waals surface area contributed by atoms with Crippen molar-refractivity contribution in [3.05, 3.63) is 63.7 Å². The number of aliphatic hydroxyl groups is 1. The predicted molar refractivity (Wildman–Crippen MR) is 146 cm³/mol. The minimum Gasteiger partial charge on any atom is -0.508 e. The molecule has 38 heavy (non-hydrogen) atoms. The number of hydrogen-bond acceptors (Lipinski definition) is 6. The van der Waals surface area contributed by atoms with Gasteiger partial charge in [0.2, 0.25) is 0 Å². The van der Waals surface area contributed by atoms with E-state index in [1.807, 2.05) is 32.9 Å². The van der Waals surface area contributed by atoms with Crippen LogP contribution in [0.3, 0.4) is 0 Å². The van der Waals surface area contributed by atoms with Gasteiger partial charge < -0.3 is 20.6 Å². The summed E-state index contributed by atoms with van der Waals surface area (Å²) in [6.07, 6.45) is 0.967. The Hall–Kier alpha value is -3.23. The largest absolute Gasteiger partial charge is 0.508 e. The van der Waals surface area contributed by atoms with Gasteiger partial charge in [-0.2, -0.15) is 0 Å². The summed E-state index contributed by atoms with van der Waals surface area (Å²) < 4.78 is 0. The highest BCUT2D eigenvalue weighted by atomic mass is 35.5. The summed E-state index contributed by atoms with van der Waals surface area (Å²) >= 11 is 6.31. The molecule has 9 heteroatoms. The van der Waals surface area contributed by atoms with Crippen LogP contribution in [0.2, 0.25) is 5.02 Å². The van der Waals surface area contributed by atoms with Gasteiger partial charge in [-0.25, -0.2) is 0 Å². The summed E-state index contributed by atoms with van der Waals surface area (Å²) in [5.74, 6) is -2.55. The molecule has 4 N–H and O–H groups in total. The standard InChI is InChI=1S/C29H35ClN2O6/c1-29(2,3)21-9-18(10-22(30)14-21)19(13-27(36)37)11-26(35)16-32-28(38)20-6-17(8-25(34)12-20)7-23-4-5-24(33)15-31-23/h6,8-10,12,14,19,24,33-34H,4-5,7,11,13,15-16H2,1-3H3,(H,32,38)(H,36,37)/t19-,24?/m0/s1. The number of aromatic hydroxyl groups is 1. The topological polar surface area (TPSA) is 136 Å². The van der Waals surface area contributed by atoms with Crippen molar-refractivity contribution < 1.29 is 29.7 Å². The number of nitrogens with one attached hydrogen (secondary N) is 1. The minimum atomic E-state index is -1.03. The molecule has 204 valence electrons. The molecule has 3 rings (SSSR count). The number of carboxylic acids is 1. The highest BCUT2D eigenvalue weighted by molar-refractivity contribution is 6.30. The van der Waals surface area contributed by atoms with E-state index in [9.17, 15) is 29.7 Å². The van der Waals surface area contributed by atoms with Crippen molar-refractivity contribution in [2.24, 2.45) is 4.99 Å². The number of carbonyl (C=O) groups excluding carboxylic acids is 2. The second-order valence-corrected chi connectivity index (χ2v) is 11.3. The molecule has 2 aromatic rings. The van der Waals surface area contributed by atoms with E-state index in [1.54, 1.807) is 18.2 Å². The highest BCUT2D eigenvalue weighted by Gasteiger charge is 2.23.